The average molecular weight is 160 g/mol. The maximum Gasteiger partial charge on any atom is 0.175 e. The number of nitrogens with zero attached hydrogens (tertiary/aromatic N) is 3. The van der Waals surface area contributed by atoms with Crippen molar-refractivity contribution >= 4 is 12.0 Å². The number of nitrogens with one attached hydrogen (secondary N) is 1. The summed E-state index contributed by atoms with van der Waals surface area (Å²) in [5.41, 5.74) is 0.922. The van der Waals surface area contributed by atoms with E-state index in [-0.39, 0.29) is 0 Å². The smallest absolute Gasteiger partial charge is 0.175 e. The largest absolute Gasteiger partial charge is 0.344 e. The first-order chi connectivity index (χ1) is 5.97. The van der Waals surface area contributed by atoms with E-state index in [4.69, 9.17) is 0 Å². The van der Waals surface area contributed by atoms with Gasteiger partial charge in [0.05, 0.1) is 18.6 Å². The van der Waals surface area contributed by atoms with Crippen molar-refractivity contribution in [2.24, 2.45) is 4.99 Å². The lowest BCUT2D eigenvalue weighted by molar-refractivity contribution is 1.05. The maximum absolute atomic E-state index is 4.10. The van der Waals surface area contributed by atoms with Gasteiger partial charge in [-0.1, -0.05) is 0 Å². The molecule has 1 N–H and O–H groups in total. The van der Waals surface area contributed by atoms with Crippen LogP contribution in [0.15, 0.2) is 29.5 Å². The minimum Gasteiger partial charge on any atom is -0.344 e. The van der Waals surface area contributed by atoms with Crippen molar-refractivity contribution in [3.8, 4) is 0 Å². The van der Waals surface area contributed by atoms with Crippen LogP contribution in [0.1, 0.15) is 5.82 Å². The van der Waals surface area contributed by atoms with Crippen molar-refractivity contribution in [2.75, 3.05) is 6.54 Å². The van der Waals surface area contributed by atoms with Crippen LogP contribution in [0.2, 0.25) is 0 Å². The summed E-state index contributed by atoms with van der Waals surface area (Å²) in [5.74, 6) is 0.712. The molecule has 2 rings (SSSR count). The molecule has 0 radical (unpaired) electrons. The van der Waals surface area contributed by atoms with Gasteiger partial charge in [-0.2, -0.15) is 0 Å². The van der Waals surface area contributed by atoms with Crippen molar-refractivity contribution in [2.45, 2.75) is 0 Å². The molecule has 0 saturated heterocycles. The first-order valence-corrected chi connectivity index (χ1v) is 3.69. The predicted molar refractivity (Wildman–Crippen MR) is 46.5 cm³/mol. The van der Waals surface area contributed by atoms with Crippen LogP contribution in [-0.2, 0) is 0 Å². The second-order valence-corrected chi connectivity index (χ2v) is 2.33. The molecule has 4 nitrogen and oxygen atoms in total. The molecule has 4 heteroatoms. The van der Waals surface area contributed by atoms with Crippen LogP contribution in [0.25, 0.3) is 5.70 Å². The molecular formula is C8H8N4. The molecule has 0 atom stereocenters. The lowest BCUT2D eigenvalue weighted by atomic mass is 10.3. The van der Waals surface area contributed by atoms with Crippen molar-refractivity contribution in [1.29, 1.82) is 0 Å². The molecule has 2 heterocycles. The molecular weight excluding hydrogens is 152 g/mol. The van der Waals surface area contributed by atoms with Gasteiger partial charge < -0.3 is 5.32 Å². The average Bonchev–Trinajstić information content (AvgIpc) is 2.21. The first-order valence-electron chi connectivity index (χ1n) is 3.69. The lowest BCUT2D eigenvalue weighted by Gasteiger charge is -2.07. The summed E-state index contributed by atoms with van der Waals surface area (Å²) in [4.78, 5) is 12.2. The number of aromatic nitrogens is 2. The standard InChI is InChI=1S/C8H8N4/c1-3-10-8(11-4-1)7-2-5-9-6-12-7/h1-4,6H,5H2,(H,9,12). The number of aliphatic imine (C=N–C) groups is 1. The van der Waals surface area contributed by atoms with E-state index in [0.29, 0.717) is 12.4 Å². The van der Waals surface area contributed by atoms with Crippen LogP contribution in [-0.4, -0.2) is 22.9 Å². The van der Waals surface area contributed by atoms with Crippen molar-refractivity contribution in [1.82, 2.24) is 15.3 Å². The third kappa shape index (κ3) is 1.32. The third-order valence-electron chi connectivity index (χ3n) is 1.52. The molecule has 1 aromatic rings. The van der Waals surface area contributed by atoms with E-state index in [0.717, 1.165) is 5.70 Å². The van der Waals surface area contributed by atoms with Crippen LogP contribution in [0.5, 0.6) is 0 Å². The Morgan fingerprint density at radius 2 is 2.08 bits per heavy atom. The molecule has 12 heavy (non-hydrogen) atoms. The molecule has 1 aliphatic rings. The Hall–Kier alpha value is -1.71. The highest BCUT2D eigenvalue weighted by atomic mass is 15.0. The fourth-order valence-electron chi connectivity index (χ4n) is 0.965. The molecule has 0 spiro atoms. The van der Waals surface area contributed by atoms with Gasteiger partial charge in [-0.15, -0.1) is 0 Å². The van der Waals surface area contributed by atoms with Gasteiger partial charge in [0.15, 0.2) is 5.82 Å². The molecule has 60 valence electrons. The number of hydrogen-bond acceptors (Lipinski definition) is 4. The first kappa shape index (κ1) is 6.97. The van der Waals surface area contributed by atoms with Crippen LogP contribution >= 0.6 is 0 Å². The summed E-state index contributed by atoms with van der Waals surface area (Å²) in [5, 5.41) is 2.98. The van der Waals surface area contributed by atoms with Crippen LogP contribution in [0, 0.1) is 0 Å². The summed E-state index contributed by atoms with van der Waals surface area (Å²) in [6.07, 6.45) is 7.05. The van der Waals surface area contributed by atoms with Gasteiger partial charge >= 0.3 is 0 Å². The van der Waals surface area contributed by atoms with Crippen molar-refractivity contribution in [3.63, 3.8) is 0 Å². The molecule has 0 aliphatic carbocycles. The Morgan fingerprint density at radius 3 is 2.75 bits per heavy atom. The van der Waals surface area contributed by atoms with E-state index in [9.17, 15) is 0 Å². The SMILES string of the molecule is C1=NCC=C(c2ncccn2)N1. The van der Waals surface area contributed by atoms with E-state index >= 15 is 0 Å². The zero-order valence-electron chi connectivity index (χ0n) is 6.44. The minimum atomic E-state index is 0.695. The summed E-state index contributed by atoms with van der Waals surface area (Å²) < 4.78 is 0. The Morgan fingerprint density at radius 1 is 1.25 bits per heavy atom. The third-order valence-corrected chi connectivity index (χ3v) is 1.52. The zero-order chi connectivity index (χ0) is 8.23. The Bertz CT molecular complexity index is 315. The van der Waals surface area contributed by atoms with Gasteiger partial charge in [-0.3, -0.25) is 4.99 Å². The molecule has 0 amide bonds. The van der Waals surface area contributed by atoms with E-state index in [2.05, 4.69) is 20.3 Å². The second kappa shape index (κ2) is 3.13. The highest BCUT2D eigenvalue weighted by Crippen LogP contribution is 2.04. The second-order valence-electron chi connectivity index (χ2n) is 2.33. The summed E-state index contributed by atoms with van der Waals surface area (Å²) in [6.45, 7) is 0.695. The van der Waals surface area contributed by atoms with E-state index in [1.807, 2.05) is 6.08 Å². The monoisotopic (exact) mass is 160 g/mol. The normalized spacial score (nSPS) is 15.2. The predicted octanol–water partition coefficient (Wildman–Crippen LogP) is 0.449. The van der Waals surface area contributed by atoms with Crippen LogP contribution in [0.4, 0.5) is 0 Å². The number of rotatable bonds is 1. The molecule has 0 unspecified atom stereocenters. The minimum absolute atomic E-state index is 0.695. The van der Waals surface area contributed by atoms with Gasteiger partial charge in [0, 0.05) is 12.4 Å². The van der Waals surface area contributed by atoms with Gasteiger partial charge in [-0.25, -0.2) is 9.97 Å². The van der Waals surface area contributed by atoms with Gasteiger partial charge in [0.25, 0.3) is 0 Å². The van der Waals surface area contributed by atoms with E-state index in [1.54, 1.807) is 24.8 Å². The molecule has 0 bridgehead atoms. The lowest BCUT2D eigenvalue weighted by Crippen LogP contribution is -2.15. The highest BCUT2D eigenvalue weighted by molar-refractivity contribution is 5.75. The summed E-state index contributed by atoms with van der Waals surface area (Å²) >= 11 is 0. The van der Waals surface area contributed by atoms with E-state index < -0.39 is 0 Å². The summed E-state index contributed by atoms with van der Waals surface area (Å²) in [6, 6.07) is 1.79. The van der Waals surface area contributed by atoms with E-state index in [1.165, 1.54) is 0 Å². The van der Waals surface area contributed by atoms with Crippen LogP contribution in [0.3, 0.4) is 0 Å². The molecule has 1 aromatic heterocycles. The molecule has 0 fully saturated rings. The fraction of sp³-hybridized carbons (Fsp3) is 0.125. The topological polar surface area (TPSA) is 50.2 Å². The van der Waals surface area contributed by atoms with Gasteiger partial charge in [0.1, 0.15) is 0 Å². The Labute approximate surface area is 70.1 Å². The molecule has 0 aromatic carbocycles. The Balaban J connectivity index is 2.26. The van der Waals surface area contributed by atoms with Gasteiger partial charge in [-0.05, 0) is 12.1 Å². The molecule has 1 aliphatic heterocycles. The van der Waals surface area contributed by atoms with Crippen LogP contribution < -0.4 is 5.32 Å². The number of hydrogen-bond donors (Lipinski definition) is 1. The van der Waals surface area contributed by atoms with Gasteiger partial charge in [0.2, 0.25) is 0 Å². The fourth-order valence-corrected chi connectivity index (χ4v) is 0.965. The summed E-state index contributed by atoms with van der Waals surface area (Å²) in [7, 11) is 0. The zero-order valence-corrected chi connectivity index (χ0v) is 6.44. The Kier molecular flexibility index (Phi) is 1.82. The molecule has 0 saturated carbocycles. The maximum atomic E-state index is 4.10. The highest BCUT2D eigenvalue weighted by Gasteiger charge is 2.02. The van der Waals surface area contributed by atoms with Crippen molar-refractivity contribution < 1.29 is 0 Å². The quantitative estimate of drug-likeness (QED) is 0.648. The van der Waals surface area contributed by atoms with Crippen molar-refractivity contribution in [3.05, 3.63) is 30.4 Å².